The van der Waals surface area contributed by atoms with Crippen molar-refractivity contribution in [2.45, 2.75) is 0 Å². The zero-order valence-electron chi connectivity index (χ0n) is 27.5. The highest BCUT2D eigenvalue weighted by atomic mass is 14.2. The second kappa shape index (κ2) is 11.6. The van der Waals surface area contributed by atoms with Gasteiger partial charge in [0.1, 0.15) is 0 Å². The van der Waals surface area contributed by atoms with Crippen molar-refractivity contribution in [1.82, 2.24) is 0 Å². The monoisotopic (exact) mass is 632 g/mol. The Bertz CT molecular complexity index is 2700. The van der Waals surface area contributed by atoms with E-state index < -0.39 is 0 Å². The topological polar surface area (TPSA) is 0 Å². The number of rotatable bonds is 4. The van der Waals surface area contributed by atoms with Crippen LogP contribution >= 0.6 is 0 Å². The summed E-state index contributed by atoms with van der Waals surface area (Å²) < 4.78 is 0. The third kappa shape index (κ3) is 4.61. The minimum atomic E-state index is 1.21. The fourth-order valence-electron chi connectivity index (χ4n) is 8.07. The van der Waals surface area contributed by atoms with Gasteiger partial charge in [-0.25, -0.2) is 0 Å². The second-order valence-corrected chi connectivity index (χ2v) is 13.3. The van der Waals surface area contributed by atoms with E-state index in [1.807, 2.05) is 0 Å². The zero-order chi connectivity index (χ0) is 33.0. The van der Waals surface area contributed by atoms with E-state index in [9.17, 15) is 0 Å². The molecule has 0 radical (unpaired) electrons. The molecule has 10 aromatic rings. The molecule has 0 nitrogen and oxygen atoms in total. The highest BCUT2D eigenvalue weighted by Crippen LogP contribution is 2.45. The molecule has 0 fully saturated rings. The van der Waals surface area contributed by atoms with Crippen LogP contribution in [0.4, 0.5) is 0 Å². The summed E-state index contributed by atoms with van der Waals surface area (Å²) in [4.78, 5) is 0. The van der Waals surface area contributed by atoms with Crippen molar-refractivity contribution in [3.05, 3.63) is 194 Å². The van der Waals surface area contributed by atoms with Crippen LogP contribution in [0.3, 0.4) is 0 Å². The predicted octanol–water partition coefficient (Wildman–Crippen LogP) is 14.1. The van der Waals surface area contributed by atoms with Crippen molar-refractivity contribution in [1.29, 1.82) is 0 Å². The molecule has 0 aromatic heterocycles. The summed E-state index contributed by atoms with van der Waals surface area (Å²) in [6.45, 7) is 0. The average molecular weight is 633 g/mol. The molecule has 232 valence electrons. The Hall–Kier alpha value is -6.50. The van der Waals surface area contributed by atoms with Gasteiger partial charge in [-0.2, -0.15) is 0 Å². The minimum absolute atomic E-state index is 1.21. The average Bonchev–Trinajstić information content (AvgIpc) is 3.20. The molecular weight excluding hydrogens is 601 g/mol. The smallest absolute Gasteiger partial charge is 0.00926 e. The van der Waals surface area contributed by atoms with Crippen LogP contribution in [0.1, 0.15) is 0 Å². The van der Waals surface area contributed by atoms with Gasteiger partial charge < -0.3 is 0 Å². The van der Waals surface area contributed by atoms with E-state index in [2.05, 4.69) is 194 Å². The molecule has 10 rings (SSSR count). The van der Waals surface area contributed by atoms with E-state index >= 15 is 0 Å². The molecular formula is C50H32. The van der Waals surface area contributed by atoms with Gasteiger partial charge in [-0.3, -0.25) is 0 Å². The van der Waals surface area contributed by atoms with Crippen molar-refractivity contribution in [3.63, 3.8) is 0 Å². The lowest BCUT2D eigenvalue weighted by Gasteiger charge is -2.19. The summed E-state index contributed by atoms with van der Waals surface area (Å²) in [5.41, 5.74) is 9.84. The number of hydrogen-bond donors (Lipinski definition) is 0. The molecule has 0 bridgehead atoms. The molecule has 0 unspecified atom stereocenters. The SMILES string of the molecule is c1ccc(-c2cc(-c3cc4ccccc4c4ccccc34)cc3c(-c4ccccc4)cc(-c4cc5ccccc5c5ccccc45)cc23)cc1. The van der Waals surface area contributed by atoms with Crippen molar-refractivity contribution in [3.8, 4) is 44.5 Å². The molecule has 0 heterocycles. The van der Waals surface area contributed by atoms with Crippen LogP contribution < -0.4 is 0 Å². The fourth-order valence-corrected chi connectivity index (χ4v) is 8.07. The van der Waals surface area contributed by atoms with Gasteiger partial charge in [0.25, 0.3) is 0 Å². The molecule has 50 heavy (non-hydrogen) atoms. The van der Waals surface area contributed by atoms with Crippen LogP contribution in [0.2, 0.25) is 0 Å². The van der Waals surface area contributed by atoms with Gasteiger partial charge in [-0.1, -0.05) is 158 Å². The lowest BCUT2D eigenvalue weighted by atomic mass is 9.84. The fraction of sp³-hybridized carbons (Fsp3) is 0. The molecule has 0 aliphatic heterocycles. The van der Waals surface area contributed by atoms with E-state index in [-0.39, 0.29) is 0 Å². The number of benzene rings is 10. The van der Waals surface area contributed by atoms with Gasteiger partial charge in [0.2, 0.25) is 0 Å². The molecule has 0 N–H and O–H groups in total. The molecule has 0 amide bonds. The van der Waals surface area contributed by atoms with Crippen LogP contribution in [-0.4, -0.2) is 0 Å². The Morgan fingerprint density at radius 2 is 0.500 bits per heavy atom. The highest BCUT2D eigenvalue weighted by Gasteiger charge is 2.18. The third-order valence-electron chi connectivity index (χ3n) is 10.4. The van der Waals surface area contributed by atoms with E-state index in [0.717, 1.165) is 0 Å². The van der Waals surface area contributed by atoms with Gasteiger partial charge in [-0.05, 0) is 135 Å². The van der Waals surface area contributed by atoms with Crippen molar-refractivity contribution in [2.75, 3.05) is 0 Å². The first-order valence-corrected chi connectivity index (χ1v) is 17.3. The lowest BCUT2D eigenvalue weighted by Crippen LogP contribution is -1.92. The zero-order valence-corrected chi connectivity index (χ0v) is 27.5. The molecule has 10 aromatic carbocycles. The van der Waals surface area contributed by atoms with Crippen LogP contribution in [0, 0.1) is 0 Å². The molecule has 0 atom stereocenters. The Morgan fingerprint density at radius 3 is 0.920 bits per heavy atom. The van der Waals surface area contributed by atoms with Crippen LogP contribution in [0.5, 0.6) is 0 Å². The Kier molecular flexibility index (Phi) is 6.60. The first-order chi connectivity index (χ1) is 24.8. The standard InChI is InChI=1S/C50H32/c1-3-15-33(16-4-1)45-29-37(47-27-35-19-7-9-21-39(35)41-23-11-13-25-43(41)47)32-50-46(34-17-5-2-6-18-34)30-38(31-49(45)50)48-28-36-20-8-10-22-40(36)42-24-12-14-26-44(42)48/h1-32H. The van der Waals surface area contributed by atoms with Gasteiger partial charge >= 0.3 is 0 Å². The molecule has 0 spiro atoms. The number of hydrogen-bond acceptors (Lipinski definition) is 0. The molecule has 0 saturated heterocycles. The third-order valence-corrected chi connectivity index (χ3v) is 10.4. The van der Waals surface area contributed by atoms with Crippen molar-refractivity contribution >= 4 is 53.9 Å². The first-order valence-electron chi connectivity index (χ1n) is 17.3. The van der Waals surface area contributed by atoms with Crippen molar-refractivity contribution in [2.24, 2.45) is 0 Å². The lowest BCUT2D eigenvalue weighted by molar-refractivity contribution is 1.61. The maximum atomic E-state index is 2.43. The summed E-state index contributed by atoms with van der Waals surface area (Å²) >= 11 is 0. The first kappa shape index (κ1) is 28.5. The normalized spacial score (nSPS) is 11.6. The highest BCUT2D eigenvalue weighted by molar-refractivity contribution is 6.18. The number of fused-ring (bicyclic) bond motifs is 7. The Morgan fingerprint density at radius 1 is 0.180 bits per heavy atom. The van der Waals surface area contributed by atoms with Crippen LogP contribution in [0.25, 0.3) is 98.4 Å². The van der Waals surface area contributed by atoms with E-state index in [1.54, 1.807) is 0 Å². The largest absolute Gasteiger partial charge is 0.0622 e. The minimum Gasteiger partial charge on any atom is -0.0622 e. The molecule has 0 aliphatic rings. The van der Waals surface area contributed by atoms with E-state index in [0.29, 0.717) is 0 Å². The maximum absolute atomic E-state index is 2.43. The summed E-state index contributed by atoms with van der Waals surface area (Å²) in [5.74, 6) is 0. The van der Waals surface area contributed by atoms with Gasteiger partial charge in [0, 0.05) is 0 Å². The van der Waals surface area contributed by atoms with Crippen LogP contribution in [0.15, 0.2) is 194 Å². The second-order valence-electron chi connectivity index (χ2n) is 13.3. The van der Waals surface area contributed by atoms with Gasteiger partial charge in [0.05, 0.1) is 0 Å². The van der Waals surface area contributed by atoms with E-state index in [1.165, 1.54) is 98.4 Å². The Labute approximate surface area is 291 Å². The summed E-state index contributed by atoms with van der Waals surface area (Å²) in [6, 6.07) is 71.5. The quantitative estimate of drug-likeness (QED) is 0.169. The maximum Gasteiger partial charge on any atom is -0.00926 e. The van der Waals surface area contributed by atoms with Crippen LogP contribution in [-0.2, 0) is 0 Å². The summed E-state index contributed by atoms with van der Waals surface area (Å²) in [6.07, 6.45) is 0. The molecule has 0 heteroatoms. The van der Waals surface area contributed by atoms with Gasteiger partial charge in [-0.15, -0.1) is 0 Å². The van der Waals surface area contributed by atoms with Gasteiger partial charge in [0.15, 0.2) is 0 Å². The summed E-state index contributed by atoms with van der Waals surface area (Å²) in [5, 5.41) is 12.7. The Balaban J connectivity index is 1.34. The molecule has 0 aliphatic carbocycles. The predicted molar refractivity (Wildman–Crippen MR) is 216 cm³/mol. The van der Waals surface area contributed by atoms with Crippen molar-refractivity contribution < 1.29 is 0 Å². The van der Waals surface area contributed by atoms with E-state index in [4.69, 9.17) is 0 Å². The summed E-state index contributed by atoms with van der Waals surface area (Å²) in [7, 11) is 0. The molecule has 0 saturated carbocycles.